The van der Waals surface area contributed by atoms with Crippen molar-refractivity contribution in [1.82, 2.24) is 0 Å². The molecule has 0 aromatic heterocycles. The van der Waals surface area contributed by atoms with E-state index < -0.39 is 22.0 Å². The van der Waals surface area contributed by atoms with Crippen LogP contribution in [-0.4, -0.2) is 33.2 Å². The third-order valence-electron chi connectivity index (χ3n) is 3.89. The fourth-order valence-corrected chi connectivity index (χ4v) is 4.39. The molecular weight excluding hydrogens is 423 g/mol. The van der Waals surface area contributed by atoms with Crippen LogP contribution in [0.25, 0.3) is 0 Å². The lowest BCUT2D eigenvalue weighted by atomic mass is 10.1. The maximum Gasteiger partial charge on any atom is 0.248 e. The molecule has 0 saturated heterocycles. The molecule has 0 saturated carbocycles. The predicted molar refractivity (Wildman–Crippen MR) is 114 cm³/mol. The lowest BCUT2D eigenvalue weighted by molar-refractivity contribution is -0.117. The molecule has 0 spiro atoms. The topological polar surface area (TPSA) is 75.7 Å². The van der Waals surface area contributed by atoms with E-state index in [-0.39, 0.29) is 17.1 Å². The molecule has 1 atom stereocenters. The monoisotopic (exact) mass is 444 g/mol. The zero-order valence-electron chi connectivity index (χ0n) is 15.8. The van der Waals surface area contributed by atoms with Crippen molar-refractivity contribution in [1.29, 1.82) is 0 Å². The molecule has 2 aromatic rings. The van der Waals surface area contributed by atoms with Crippen molar-refractivity contribution in [2.24, 2.45) is 0 Å². The Kier molecular flexibility index (Phi) is 7.57. The molecule has 0 heterocycles. The van der Waals surface area contributed by atoms with E-state index in [1.807, 2.05) is 6.92 Å². The Morgan fingerprint density at radius 1 is 1.18 bits per heavy atom. The largest absolute Gasteiger partial charge is 0.494 e. The number of carbonyl (C=O) groups is 1. The van der Waals surface area contributed by atoms with Crippen LogP contribution in [0.5, 0.6) is 5.75 Å². The SMILES string of the molecule is CCOc1cccc(NC(=O)C(CC)N(c2cc(Cl)ccc2Cl)S(C)(=O)=O)c1. The summed E-state index contributed by atoms with van der Waals surface area (Å²) in [6.07, 6.45) is 1.25. The number of hydrogen-bond acceptors (Lipinski definition) is 4. The molecule has 2 aromatic carbocycles. The van der Waals surface area contributed by atoms with Gasteiger partial charge in [0.05, 0.1) is 23.6 Å². The van der Waals surface area contributed by atoms with E-state index in [1.165, 1.54) is 12.1 Å². The van der Waals surface area contributed by atoms with Crippen molar-refractivity contribution in [3.63, 3.8) is 0 Å². The van der Waals surface area contributed by atoms with Crippen LogP contribution in [0.2, 0.25) is 10.0 Å². The highest BCUT2D eigenvalue weighted by Gasteiger charge is 2.33. The summed E-state index contributed by atoms with van der Waals surface area (Å²) in [5.41, 5.74) is 0.654. The van der Waals surface area contributed by atoms with Gasteiger partial charge >= 0.3 is 0 Å². The molecule has 152 valence electrons. The molecule has 1 unspecified atom stereocenters. The third-order valence-corrected chi connectivity index (χ3v) is 5.61. The highest BCUT2D eigenvalue weighted by Crippen LogP contribution is 2.33. The highest BCUT2D eigenvalue weighted by atomic mass is 35.5. The Hall–Kier alpha value is -1.96. The van der Waals surface area contributed by atoms with Crippen molar-refractivity contribution in [2.75, 3.05) is 22.5 Å². The molecule has 0 aliphatic carbocycles. The number of benzene rings is 2. The van der Waals surface area contributed by atoms with Crippen LogP contribution in [0.3, 0.4) is 0 Å². The number of halogens is 2. The van der Waals surface area contributed by atoms with Gasteiger partial charge < -0.3 is 10.1 Å². The number of sulfonamides is 1. The maximum atomic E-state index is 12.9. The molecule has 28 heavy (non-hydrogen) atoms. The second-order valence-corrected chi connectivity index (χ2v) is 8.73. The van der Waals surface area contributed by atoms with Gasteiger partial charge in [0.25, 0.3) is 0 Å². The van der Waals surface area contributed by atoms with Gasteiger partial charge in [0, 0.05) is 16.8 Å². The average Bonchev–Trinajstić information content (AvgIpc) is 2.61. The van der Waals surface area contributed by atoms with Crippen LogP contribution in [0.1, 0.15) is 20.3 Å². The van der Waals surface area contributed by atoms with E-state index in [0.717, 1.165) is 10.6 Å². The van der Waals surface area contributed by atoms with Crippen molar-refractivity contribution < 1.29 is 17.9 Å². The number of amides is 1. The zero-order chi connectivity index (χ0) is 20.9. The summed E-state index contributed by atoms with van der Waals surface area (Å²) in [5, 5.41) is 3.24. The minimum absolute atomic E-state index is 0.154. The van der Waals surface area contributed by atoms with Gasteiger partial charge in [0.2, 0.25) is 15.9 Å². The van der Waals surface area contributed by atoms with E-state index in [0.29, 0.717) is 23.1 Å². The summed E-state index contributed by atoms with van der Waals surface area (Å²) in [6.45, 7) is 4.07. The Labute approximate surface area is 175 Å². The Balaban J connectivity index is 2.39. The van der Waals surface area contributed by atoms with Gasteiger partial charge in [0.15, 0.2) is 0 Å². The lowest BCUT2D eigenvalue weighted by Gasteiger charge is -2.30. The first-order chi connectivity index (χ1) is 13.2. The van der Waals surface area contributed by atoms with E-state index in [9.17, 15) is 13.2 Å². The van der Waals surface area contributed by atoms with Crippen LogP contribution >= 0.6 is 23.2 Å². The Bertz CT molecular complexity index is 951. The second kappa shape index (κ2) is 9.49. The average molecular weight is 445 g/mol. The Morgan fingerprint density at radius 3 is 2.50 bits per heavy atom. The molecule has 6 nitrogen and oxygen atoms in total. The van der Waals surface area contributed by atoms with Gasteiger partial charge in [-0.1, -0.05) is 36.2 Å². The Morgan fingerprint density at radius 2 is 1.89 bits per heavy atom. The number of ether oxygens (including phenoxy) is 1. The molecule has 1 amide bonds. The van der Waals surface area contributed by atoms with Crippen molar-refractivity contribution >= 4 is 50.5 Å². The molecule has 0 bridgehead atoms. The zero-order valence-corrected chi connectivity index (χ0v) is 18.1. The minimum Gasteiger partial charge on any atom is -0.494 e. The fourth-order valence-electron chi connectivity index (χ4n) is 2.75. The van der Waals surface area contributed by atoms with E-state index >= 15 is 0 Å². The molecule has 0 aliphatic rings. The van der Waals surface area contributed by atoms with Gasteiger partial charge in [-0.05, 0) is 43.7 Å². The number of rotatable bonds is 8. The summed E-state index contributed by atoms with van der Waals surface area (Å²) in [5.74, 6) is 0.115. The number of carbonyl (C=O) groups excluding carboxylic acids is 1. The summed E-state index contributed by atoms with van der Waals surface area (Å²) in [6, 6.07) is 10.3. The van der Waals surface area contributed by atoms with Crippen molar-refractivity contribution in [2.45, 2.75) is 26.3 Å². The van der Waals surface area contributed by atoms with Crippen LogP contribution in [0.4, 0.5) is 11.4 Å². The van der Waals surface area contributed by atoms with Crippen LogP contribution in [0, 0.1) is 0 Å². The van der Waals surface area contributed by atoms with Crippen LogP contribution in [0.15, 0.2) is 42.5 Å². The first-order valence-electron chi connectivity index (χ1n) is 8.65. The molecule has 2 rings (SSSR count). The fraction of sp³-hybridized carbons (Fsp3) is 0.316. The predicted octanol–water partition coefficient (Wildman–Crippen LogP) is 4.58. The van der Waals surface area contributed by atoms with Crippen LogP contribution < -0.4 is 14.4 Å². The molecule has 0 fully saturated rings. The van der Waals surface area contributed by atoms with Gasteiger partial charge in [-0.2, -0.15) is 0 Å². The summed E-state index contributed by atoms with van der Waals surface area (Å²) in [4.78, 5) is 12.9. The normalized spacial score (nSPS) is 12.3. The first-order valence-corrected chi connectivity index (χ1v) is 11.3. The summed E-state index contributed by atoms with van der Waals surface area (Å²) < 4.78 is 31.5. The minimum atomic E-state index is -3.82. The summed E-state index contributed by atoms with van der Waals surface area (Å²) >= 11 is 12.2. The van der Waals surface area contributed by atoms with Gasteiger partial charge in [-0.25, -0.2) is 8.42 Å². The van der Waals surface area contributed by atoms with Crippen molar-refractivity contribution in [3.8, 4) is 5.75 Å². The van der Waals surface area contributed by atoms with E-state index in [2.05, 4.69) is 5.32 Å². The van der Waals surface area contributed by atoms with Crippen molar-refractivity contribution in [3.05, 3.63) is 52.5 Å². The second-order valence-electron chi connectivity index (χ2n) is 6.03. The van der Waals surface area contributed by atoms with Gasteiger partial charge in [-0.15, -0.1) is 0 Å². The number of hydrogen-bond donors (Lipinski definition) is 1. The maximum absolute atomic E-state index is 12.9. The molecule has 0 radical (unpaired) electrons. The van der Waals surface area contributed by atoms with Gasteiger partial charge in [-0.3, -0.25) is 9.10 Å². The standard InChI is InChI=1S/C19H22Cl2N2O4S/c1-4-17(19(24)22-14-7-6-8-15(12-14)27-5-2)23(28(3,25)26)18-11-13(20)9-10-16(18)21/h6-12,17H,4-5H2,1-3H3,(H,22,24). The number of anilines is 2. The third kappa shape index (κ3) is 5.53. The molecular formula is C19H22Cl2N2O4S. The molecule has 0 aliphatic heterocycles. The molecule has 9 heteroatoms. The van der Waals surface area contributed by atoms with E-state index in [1.54, 1.807) is 37.3 Å². The first kappa shape index (κ1) is 22.3. The highest BCUT2D eigenvalue weighted by molar-refractivity contribution is 7.92. The lowest BCUT2D eigenvalue weighted by Crippen LogP contribution is -2.47. The van der Waals surface area contributed by atoms with E-state index in [4.69, 9.17) is 27.9 Å². The smallest absolute Gasteiger partial charge is 0.248 e. The number of nitrogens with zero attached hydrogens (tertiary/aromatic N) is 1. The van der Waals surface area contributed by atoms with Gasteiger partial charge in [0.1, 0.15) is 11.8 Å². The quantitative estimate of drug-likeness (QED) is 0.646. The number of nitrogens with one attached hydrogen (secondary N) is 1. The summed E-state index contributed by atoms with van der Waals surface area (Å²) in [7, 11) is -3.82. The van der Waals surface area contributed by atoms with Crippen LogP contribution in [-0.2, 0) is 14.8 Å². The molecule has 1 N–H and O–H groups in total.